The van der Waals surface area contributed by atoms with E-state index >= 15 is 0 Å². The van der Waals surface area contributed by atoms with Crippen molar-refractivity contribution in [2.75, 3.05) is 23.7 Å². The molecule has 0 aliphatic heterocycles. The van der Waals surface area contributed by atoms with Crippen LogP contribution in [0.5, 0.6) is 0 Å². The van der Waals surface area contributed by atoms with Crippen LogP contribution in [-0.2, 0) is 4.79 Å². The standard InChI is InChI=1S/C14H19N5OS/c1-2-3-7-19(9-11(15)20)14-12(13(16)18-21-14)10-5-4-6-17-8-10/h4-6,8H,2-3,7,9H2,1H3,(H2,15,20)(H2,16,18). The lowest BCUT2D eigenvalue weighted by Gasteiger charge is -2.22. The van der Waals surface area contributed by atoms with Gasteiger partial charge in [0.25, 0.3) is 0 Å². The Labute approximate surface area is 128 Å². The topological polar surface area (TPSA) is 98.1 Å². The number of anilines is 2. The lowest BCUT2D eigenvalue weighted by molar-refractivity contribution is -0.116. The Hall–Kier alpha value is -2.15. The summed E-state index contributed by atoms with van der Waals surface area (Å²) >= 11 is 1.29. The number of amides is 1. The molecule has 0 fully saturated rings. The van der Waals surface area contributed by atoms with Crippen LogP contribution in [0.1, 0.15) is 19.8 Å². The number of carbonyl (C=O) groups excluding carboxylic acids is 1. The molecular weight excluding hydrogens is 286 g/mol. The number of nitrogens with zero attached hydrogens (tertiary/aromatic N) is 3. The molecule has 0 aliphatic carbocycles. The Kier molecular flexibility index (Phi) is 5.10. The maximum Gasteiger partial charge on any atom is 0.236 e. The first-order chi connectivity index (χ1) is 10.1. The zero-order chi connectivity index (χ0) is 15.2. The van der Waals surface area contributed by atoms with Crippen LogP contribution in [0.4, 0.5) is 10.8 Å². The molecule has 0 unspecified atom stereocenters. The number of hydrogen-bond donors (Lipinski definition) is 2. The summed E-state index contributed by atoms with van der Waals surface area (Å²) in [6.45, 7) is 3.01. The van der Waals surface area contributed by atoms with Crippen LogP contribution in [0.2, 0.25) is 0 Å². The first-order valence-corrected chi connectivity index (χ1v) is 7.59. The number of carbonyl (C=O) groups is 1. The molecule has 6 nitrogen and oxygen atoms in total. The smallest absolute Gasteiger partial charge is 0.236 e. The van der Waals surface area contributed by atoms with Crippen molar-refractivity contribution in [3.63, 3.8) is 0 Å². The summed E-state index contributed by atoms with van der Waals surface area (Å²) in [5.41, 5.74) is 13.1. The molecular formula is C14H19N5OS. The SMILES string of the molecule is CCCCN(CC(N)=O)c1snc(N)c1-c1cccnc1. The zero-order valence-electron chi connectivity index (χ0n) is 12.0. The largest absolute Gasteiger partial charge is 0.382 e. The Morgan fingerprint density at radius 2 is 2.29 bits per heavy atom. The van der Waals surface area contributed by atoms with Gasteiger partial charge in [0.1, 0.15) is 10.8 Å². The number of unbranched alkanes of at least 4 members (excludes halogenated alkanes) is 1. The van der Waals surface area contributed by atoms with E-state index in [4.69, 9.17) is 11.5 Å². The predicted octanol–water partition coefficient (Wildman–Crippen LogP) is 1.88. The van der Waals surface area contributed by atoms with E-state index in [1.165, 1.54) is 11.5 Å². The summed E-state index contributed by atoms with van der Waals surface area (Å²) < 4.78 is 4.23. The fourth-order valence-corrected chi connectivity index (χ4v) is 2.94. The van der Waals surface area contributed by atoms with Crippen LogP contribution in [0.3, 0.4) is 0 Å². The van der Waals surface area contributed by atoms with Gasteiger partial charge in [-0.3, -0.25) is 9.78 Å². The number of hydrogen-bond acceptors (Lipinski definition) is 6. The summed E-state index contributed by atoms with van der Waals surface area (Å²) in [7, 11) is 0. The summed E-state index contributed by atoms with van der Waals surface area (Å²) in [5.74, 6) is 0.0872. The molecule has 0 spiro atoms. The Balaban J connectivity index is 2.39. The minimum Gasteiger partial charge on any atom is -0.382 e. The summed E-state index contributed by atoms with van der Waals surface area (Å²) in [6, 6.07) is 3.78. The van der Waals surface area contributed by atoms with Gasteiger partial charge in [-0.05, 0) is 24.0 Å². The monoisotopic (exact) mass is 305 g/mol. The van der Waals surface area contributed by atoms with E-state index < -0.39 is 0 Å². The second-order valence-corrected chi connectivity index (χ2v) is 5.48. The molecule has 2 aromatic heterocycles. The van der Waals surface area contributed by atoms with Gasteiger partial charge in [-0.25, -0.2) is 0 Å². The third-order valence-electron chi connectivity index (χ3n) is 3.07. The van der Waals surface area contributed by atoms with Crippen molar-refractivity contribution in [2.45, 2.75) is 19.8 Å². The van der Waals surface area contributed by atoms with Gasteiger partial charge in [0, 0.05) is 24.5 Å². The highest BCUT2D eigenvalue weighted by atomic mass is 32.1. The molecule has 0 saturated carbocycles. The van der Waals surface area contributed by atoms with Gasteiger partial charge < -0.3 is 16.4 Å². The molecule has 2 rings (SSSR count). The third kappa shape index (κ3) is 3.69. The summed E-state index contributed by atoms with van der Waals surface area (Å²) in [6.07, 6.45) is 5.45. The van der Waals surface area contributed by atoms with Gasteiger partial charge in [0.2, 0.25) is 5.91 Å². The maximum absolute atomic E-state index is 11.3. The van der Waals surface area contributed by atoms with Gasteiger partial charge in [0.05, 0.1) is 12.1 Å². The van der Waals surface area contributed by atoms with E-state index in [1.54, 1.807) is 12.4 Å². The van der Waals surface area contributed by atoms with Crippen molar-refractivity contribution < 1.29 is 4.79 Å². The van der Waals surface area contributed by atoms with Crippen LogP contribution in [0.15, 0.2) is 24.5 Å². The molecule has 4 N–H and O–H groups in total. The van der Waals surface area contributed by atoms with Crippen molar-refractivity contribution in [1.29, 1.82) is 0 Å². The molecule has 1 amide bonds. The highest BCUT2D eigenvalue weighted by molar-refractivity contribution is 7.11. The van der Waals surface area contributed by atoms with E-state index in [2.05, 4.69) is 16.3 Å². The van der Waals surface area contributed by atoms with E-state index in [9.17, 15) is 4.79 Å². The molecule has 0 aromatic carbocycles. The van der Waals surface area contributed by atoms with Crippen molar-refractivity contribution in [2.24, 2.45) is 5.73 Å². The minimum atomic E-state index is -0.366. The van der Waals surface area contributed by atoms with E-state index in [-0.39, 0.29) is 12.5 Å². The van der Waals surface area contributed by atoms with Gasteiger partial charge in [-0.15, -0.1) is 0 Å². The highest BCUT2D eigenvalue weighted by Crippen LogP contribution is 2.38. The van der Waals surface area contributed by atoms with Crippen LogP contribution in [0, 0.1) is 0 Å². The molecule has 2 heterocycles. The van der Waals surface area contributed by atoms with Crippen LogP contribution in [0.25, 0.3) is 11.1 Å². The van der Waals surface area contributed by atoms with E-state index in [1.807, 2.05) is 17.0 Å². The number of nitrogen functional groups attached to an aromatic ring is 1. The molecule has 2 aromatic rings. The minimum absolute atomic E-state index is 0.162. The molecule has 0 radical (unpaired) electrons. The molecule has 0 atom stereocenters. The number of rotatable bonds is 7. The molecule has 0 bridgehead atoms. The van der Waals surface area contributed by atoms with Crippen molar-refractivity contribution in [1.82, 2.24) is 9.36 Å². The molecule has 0 saturated heterocycles. The molecule has 0 aliphatic rings. The second kappa shape index (κ2) is 7.03. The first kappa shape index (κ1) is 15.2. The average Bonchev–Trinajstić information content (AvgIpc) is 2.85. The van der Waals surface area contributed by atoms with Crippen LogP contribution < -0.4 is 16.4 Å². The second-order valence-electron chi connectivity index (χ2n) is 4.73. The van der Waals surface area contributed by atoms with Crippen LogP contribution >= 0.6 is 11.5 Å². The van der Waals surface area contributed by atoms with Gasteiger partial charge in [-0.2, -0.15) is 4.37 Å². The molecule has 112 valence electrons. The first-order valence-electron chi connectivity index (χ1n) is 6.82. The summed E-state index contributed by atoms with van der Waals surface area (Å²) in [4.78, 5) is 17.4. The van der Waals surface area contributed by atoms with Gasteiger partial charge in [0.15, 0.2) is 0 Å². The number of primary amides is 1. The quantitative estimate of drug-likeness (QED) is 0.814. The number of pyridine rings is 1. The van der Waals surface area contributed by atoms with Crippen LogP contribution in [-0.4, -0.2) is 28.4 Å². The fourth-order valence-electron chi connectivity index (χ4n) is 2.08. The number of aromatic nitrogens is 2. The zero-order valence-corrected chi connectivity index (χ0v) is 12.8. The van der Waals surface area contributed by atoms with Crippen molar-refractivity contribution in [3.05, 3.63) is 24.5 Å². The third-order valence-corrected chi connectivity index (χ3v) is 3.99. The summed E-state index contributed by atoms with van der Waals surface area (Å²) in [5, 5.41) is 0.868. The predicted molar refractivity (Wildman–Crippen MR) is 86.1 cm³/mol. The lowest BCUT2D eigenvalue weighted by Crippen LogP contribution is -2.34. The van der Waals surface area contributed by atoms with E-state index in [0.717, 1.165) is 35.5 Å². The highest BCUT2D eigenvalue weighted by Gasteiger charge is 2.20. The molecule has 21 heavy (non-hydrogen) atoms. The Bertz CT molecular complexity index is 599. The fraction of sp³-hybridized carbons (Fsp3) is 0.357. The Morgan fingerprint density at radius 3 is 2.90 bits per heavy atom. The number of nitrogens with two attached hydrogens (primary N) is 2. The average molecular weight is 305 g/mol. The van der Waals surface area contributed by atoms with Crippen molar-refractivity contribution in [3.8, 4) is 11.1 Å². The Morgan fingerprint density at radius 1 is 1.48 bits per heavy atom. The maximum atomic E-state index is 11.3. The lowest BCUT2D eigenvalue weighted by atomic mass is 10.1. The van der Waals surface area contributed by atoms with Crippen molar-refractivity contribution >= 4 is 28.3 Å². The van der Waals surface area contributed by atoms with Gasteiger partial charge in [-0.1, -0.05) is 19.4 Å². The van der Waals surface area contributed by atoms with E-state index in [0.29, 0.717) is 5.82 Å². The normalized spacial score (nSPS) is 10.5. The molecule has 7 heteroatoms. The van der Waals surface area contributed by atoms with Gasteiger partial charge >= 0.3 is 0 Å².